The van der Waals surface area contributed by atoms with Gasteiger partial charge in [-0.1, -0.05) is 24.3 Å². The molecule has 0 bridgehead atoms. The third kappa shape index (κ3) is 1.15. The highest BCUT2D eigenvalue weighted by molar-refractivity contribution is 5.30. The molecule has 1 aliphatic heterocycles. The van der Waals surface area contributed by atoms with Gasteiger partial charge in [0.2, 0.25) is 0 Å². The molecular weight excluding hydrogens is 138 g/mol. The number of hydrogen-bond donors (Lipinski definition) is 1. The number of rotatable bonds is 0. The molecular formula is C9H10NO. The van der Waals surface area contributed by atoms with Gasteiger partial charge in [-0.3, -0.25) is 0 Å². The van der Waals surface area contributed by atoms with E-state index in [1.807, 2.05) is 24.3 Å². The molecule has 0 aliphatic carbocycles. The fourth-order valence-corrected chi connectivity index (χ4v) is 1.41. The molecule has 1 unspecified atom stereocenters. The number of fused-ring (bicyclic) bond motifs is 1. The summed E-state index contributed by atoms with van der Waals surface area (Å²) in [5.41, 5.74) is 2.20. The number of aliphatic hydroxyl groups excluding tert-OH is 1. The molecule has 0 spiro atoms. The van der Waals surface area contributed by atoms with Crippen molar-refractivity contribution < 1.29 is 5.11 Å². The molecule has 2 heteroatoms. The minimum absolute atomic E-state index is 0.375. The van der Waals surface area contributed by atoms with Crippen LogP contribution in [-0.2, 0) is 6.54 Å². The normalized spacial score (nSPS) is 22.8. The Morgan fingerprint density at radius 1 is 1.36 bits per heavy atom. The lowest BCUT2D eigenvalue weighted by molar-refractivity contribution is 0.163. The smallest absolute Gasteiger partial charge is 0.0934 e. The topological polar surface area (TPSA) is 34.3 Å². The Labute approximate surface area is 65.9 Å². The Balaban J connectivity index is 2.44. The predicted molar refractivity (Wildman–Crippen MR) is 42.1 cm³/mol. The van der Waals surface area contributed by atoms with Crippen molar-refractivity contribution in [1.29, 1.82) is 0 Å². The number of benzene rings is 1. The van der Waals surface area contributed by atoms with Gasteiger partial charge in [0, 0.05) is 13.1 Å². The van der Waals surface area contributed by atoms with Gasteiger partial charge in [0.15, 0.2) is 0 Å². The summed E-state index contributed by atoms with van der Waals surface area (Å²) in [7, 11) is 0. The maximum Gasteiger partial charge on any atom is 0.0934 e. The first kappa shape index (κ1) is 6.83. The lowest BCUT2D eigenvalue weighted by atomic mass is 9.99. The second kappa shape index (κ2) is 2.64. The van der Waals surface area contributed by atoms with Crippen LogP contribution in [0.25, 0.3) is 0 Å². The van der Waals surface area contributed by atoms with Gasteiger partial charge >= 0.3 is 0 Å². The monoisotopic (exact) mass is 148 g/mol. The van der Waals surface area contributed by atoms with E-state index in [2.05, 4.69) is 5.32 Å². The summed E-state index contributed by atoms with van der Waals surface area (Å²) in [6, 6.07) is 7.91. The molecule has 1 N–H and O–H groups in total. The van der Waals surface area contributed by atoms with Gasteiger partial charge in [-0.15, -0.1) is 0 Å². The van der Waals surface area contributed by atoms with E-state index in [0.29, 0.717) is 6.54 Å². The van der Waals surface area contributed by atoms with Crippen molar-refractivity contribution in [1.82, 2.24) is 5.32 Å². The van der Waals surface area contributed by atoms with E-state index in [4.69, 9.17) is 0 Å². The van der Waals surface area contributed by atoms with Gasteiger partial charge in [-0.25, -0.2) is 5.32 Å². The van der Waals surface area contributed by atoms with Gasteiger partial charge in [0.1, 0.15) is 0 Å². The van der Waals surface area contributed by atoms with Crippen LogP contribution in [0.5, 0.6) is 0 Å². The van der Waals surface area contributed by atoms with Crippen molar-refractivity contribution >= 4 is 0 Å². The molecule has 1 aromatic carbocycles. The average molecular weight is 148 g/mol. The highest BCUT2D eigenvalue weighted by Gasteiger charge is 2.16. The summed E-state index contributed by atoms with van der Waals surface area (Å²) < 4.78 is 0. The van der Waals surface area contributed by atoms with E-state index < -0.39 is 0 Å². The van der Waals surface area contributed by atoms with Gasteiger partial charge in [-0.2, -0.15) is 0 Å². The quantitative estimate of drug-likeness (QED) is 0.581. The van der Waals surface area contributed by atoms with Crippen molar-refractivity contribution in [3.63, 3.8) is 0 Å². The fourth-order valence-electron chi connectivity index (χ4n) is 1.41. The van der Waals surface area contributed by atoms with Crippen LogP contribution in [0.2, 0.25) is 0 Å². The van der Waals surface area contributed by atoms with Crippen LogP contribution in [0.3, 0.4) is 0 Å². The van der Waals surface area contributed by atoms with Gasteiger partial charge in [0.05, 0.1) is 6.10 Å². The molecule has 1 radical (unpaired) electrons. The zero-order chi connectivity index (χ0) is 7.68. The van der Waals surface area contributed by atoms with Crippen molar-refractivity contribution in [2.24, 2.45) is 0 Å². The van der Waals surface area contributed by atoms with Crippen LogP contribution in [0.15, 0.2) is 24.3 Å². The summed E-state index contributed by atoms with van der Waals surface area (Å²) >= 11 is 0. The van der Waals surface area contributed by atoms with Crippen molar-refractivity contribution in [3.05, 3.63) is 35.4 Å². The lowest BCUT2D eigenvalue weighted by Crippen LogP contribution is -2.22. The first-order valence-corrected chi connectivity index (χ1v) is 3.77. The number of nitrogens with zero attached hydrogens (tertiary/aromatic N) is 1. The van der Waals surface area contributed by atoms with E-state index >= 15 is 0 Å². The maximum atomic E-state index is 9.47. The molecule has 1 aliphatic rings. The molecule has 1 heterocycles. The molecule has 11 heavy (non-hydrogen) atoms. The first-order chi connectivity index (χ1) is 5.38. The summed E-state index contributed by atoms with van der Waals surface area (Å²) in [6.45, 7) is 1.31. The largest absolute Gasteiger partial charge is 0.387 e. The van der Waals surface area contributed by atoms with E-state index in [0.717, 1.165) is 17.7 Å². The van der Waals surface area contributed by atoms with Crippen molar-refractivity contribution in [3.8, 4) is 0 Å². The van der Waals surface area contributed by atoms with Gasteiger partial charge in [-0.05, 0) is 11.1 Å². The Bertz CT molecular complexity index is 259. The Morgan fingerprint density at radius 2 is 2.18 bits per heavy atom. The van der Waals surface area contributed by atoms with E-state index in [-0.39, 0.29) is 6.10 Å². The highest BCUT2D eigenvalue weighted by atomic mass is 16.3. The van der Waals surface area contributed by atoms with Crippen LogP contribution >= 0.6 is 0 Å². The van der Waals surface area contributed by atoms with E-state index in [1.165, 1.54) is 0 Å². The van der Waals surface area contributed by atoms with Crippen LogP contribution in [0.4, 0.5) is 0 Å². The molecule has 0 amide bonds. The molecule has 2 nitrogen and oxygen atoms in total. The standard InChI is InChI=1S/C9H10NO/c11-9-6-10-5-7-3-1-2-4-8(7)9/h1-4,9,11H,5-6H2. The summed E-state index contributed by atoms with van der Waals surface area (Å²) in [6.07, 6.45) is -0.375. The van der Waals surface area contributed by atoms with Crippen LogP contribution < -0.4 is 5.32 Å². The lowest BCUT2D eigenvalue weighted by Gasteiger charge is -2.20. The van der Waals surface area contributed by atoms with Crippen molar-refractivity contribution in [2.75, 3.05) is 6.54 Å². The molecule has 0 aromatic heterocycles. The third-order valence-electron chi connectivity index (χ3n) is 2.00. The van der Waals surface area contributed by atoms with Crippen LogP contribution in [0.1, 0.15) is 17.2 Å². The van der Waals surface area contributed by atoms with Crippen LogP contribution in [0, 0.1) is 0 Å². The fraction of sp³-hybridized carbons (Fsp3) is 0.333. The average Bonchev–Trinajstić information content (AvgIpc) is 2.06. The Morgan fingerprint density at radius 3 is 3.00 bits per heavy atom. The molecule has 0 saturated carbocycles. The van der Waals surface area contributed by atoms with E-state index in [9.17, 15) is 5.11 Å². The molecule has 2 rings (SSSR count). The summed E-state index contributed by atoms with van der Waals surface area (Å²) in [5.74, 6) is 0. The molecule has 0 fully saturated rings. The highest BCUT2D eigenvalue weighted by Crippen LogP contribution is 2.21. The van der Waals surface area contributed by atoms with Crippen molar-refractivity contribution in [2.45, 2.75) is 12.6 Å². The third-order valence-corrected chi connectivity index (χ3v) is 2.00. The molecule has 1 atom stereocenters. The molecule has 57 valence electrons. The summed E-state index contributed by atoms with van der Waals surface area (Å²) in [5, 5.41) is 13.6. The maximum absolute atomic E-state index is 9.47. The Kier molecular flexibility index (Phi) is 1.64. The van der Waals surface area contributed by atoms with Gasteiger partial charge < -0.3 is 5.11 Å². The molecule has 0 saturated heterocycles. The van der Waals surface area contributed by atoms with Crippen LogP contribution in [-0.4, -0.2) is 11.7 Å². The minimum Gasteiger partial charge on any atom is -0.387 e. The predicted octanol–water partition coefficient (Wildman–Crippen LogP) is 0.838. The molecule has 1 aromatic rings. The zero-order valence-electron chi connectivity index (χ0n) is 6.20. The number of hydrogen-bond acceptors (Lipinski definition) is 1. The van der Waals surface area contributed by atoms with E-state index in [1.54, 1.807) is 0 Å². The SMILES string of the molecule is OC1C[N]Cc2ccccc21. The first-order valence-electron chi connectivity index (χ1n) is 3.77. The number of aliphatic hydroxyl groups is 1. The second-order valence-corrected chi connectivity index (χ2v) is 2.78. The second-order valence-electron chi connectivity index (χ2n) is 2.78. The zero-order valence-corrected chi connectivity index (χ0v) is 6.20. The summed E-state index contributed by atoms with van der Waals surface area (Å²) in [4.78, 5) is 0. The van der Waals surface area contributed by atoms with Gasteiger partial charge in [0.25, 0.3) is 0 Å². The Hall–Kier alpha value is -0.860. The minimum atomic E-state index is -0.375.